The summed E-state index contributed by atoms with van der Waals surface area (Å²) in [6.45, 7) is 2.26. The van der Waals surface area contributed by atoms with E-state index in [0.29, 0.717) is 34.7 Å². The van der Waals surface area contributed by atoms with Crippen molar-refractivity contribution in [1.29, 1.82) is 0 Å². The first-order chi connectivity index (χ1) is 17.1. The fourth-order valence-electron chi connectivity index (χ4n) is 4.48. The summed E-state index contributed by atoms with van der Waals surface area (Å²) >= 11 is 6.32. The molecule has 2 aromatic carbocycles. The average Bonchev–Trinajstić information content (AvgIpc) is 3.47. The number of aromatic nitrogens is 6. The van der Waals surface area contributed by atoms with Crippen LogP contribution in [0, 0.1) is 6.92 Å². The molecule has 0 fully saturated rings. The lowest BCUT2D eigenvalue weighted by atomic mass is 9.85. The van der Waals surface area contributed by atoms with Crippen molar-refractivity contribution in [3.8, 4) is 11.6 Å². The number of hydrogen-bond donors (Lipinski definition) is 1. The zero-order valence-electron chi connectivity index (χ0n) is 18.7. The molecule has 0 spiro atoms. The van der Waals surface area contributed by atoms with Gasteiger partial charge in [-0.05, 0) is 31.2 Å². The monoisotopic (exact) mass is 485 g/mol. The fourth-order valence-corrected chi connectivity index (χ4v) is 4.67. The van der Waals surface area contributed by atoms with E-state index in [0.717, 1.165) is 22.4 Å². The second kappa shape index (κ2) is 8.52. The lowest BCUT2D eigenvalue weighted by Gasteiger charge is -2.26. The number of nitrogens with one attached hydrogen (secondary N) is 1. The Bertz CT molecular complexity index is 1580. The standard InChI is InChI=1S/C25H20ClN7O2/c1-15-24-18(17-7-3-5-9-20(17)35-13-16-6-2-4-8-19(16)26)12-23(34)28-25(24)33(30-15)22-11-10-21-29-27-14-32(21)31-22/h2-11,14,18H,12-13H2,1H3,(H,28,34)/t18-/m0/s1. The van der Waals surface area contributed by atoms with E-state index < -0.39 is 0 Å². The van der Waals surface area contributed by atoms with Crippen molar-refractivity contribution in [2.75, 3.05) is 5.32 Å². The molecule has 3 aromatic heterocycles. The molecule has 0 unspecified atom stereocenters. The van der Waals surface area contributed by atoms with E-state index in [9.17, 15) is 4.79 Å². The zero-order valence-corrected chi connectivity index (χ0v) is 19.5. The zero-order chi connectivity index (χ0) is 23.9. The molecule has 10 heteroatoms. The van der Waals surface area contributed by atoms with Gasteiger partial charge in [-0.3, -0.25) is 4.79 Å². The van der Waals surface area contributed by atoms with Crippen molar-refractivity contribution in [3.05, 3.63) is 94.4 Å². The van der Waals surface area contributed by atoms with Crippen LogP contribution in [-0.2, 0) is 11.4 Å². The van der Waals surface area contributed by atoms with Crippen molar-refractivity contribution in [2.24, 2.45) is 0 Å². The number of amides is 1. The number of para-hydroxylation sites is 1. The molecule has 0 saturated heterocycles. The molecule has 174 valence electrons. The van der Waals surface area contributed by atoms with Crippen LogP contribution in [0.25, 0.3) is 11.5 Å². The maximum absolute atomic E-state index is 12.9. The van der Waals surface area contributed by atoms with E-state index in [-0.39, 0.29) is 18.2 Å². The van der Waals surface area contributed by atoms with Gasteiger partial charge in [-0.1, -0.05) is 48.0 Å². The molecule has 6 rings (SSSR count). The summed E-state index contributed by atoms with van der Waals surface area (Å²) < 4.78 is 9.43. The lowest BCUT2D eigenvalue weighted by molar-refractivity contribution is -0.116. The summed E-state index contributed by atoms with van der Waals surface area (Å²) in [7, 11) is 0. The Hall–Kier alpha value is -4.24. The molecule has 1 aliphatic rings. The number of anilines is 1. The van der Waals surface area contributed by atoms with Crippen LogP contribution in [0.3, 0.4) is 0 Å². The molecular weight excluding hydrogens is 466 g/mol. The fraction of sp³-hybridized carbons (Fsp3) is 0.160. The Labute approximate surface area is 205 Å². The molecular formula is C25H20ClN7O2. The van der Waals surface area contributed by atoms with Crippen LogP contribution < -0.4 is 10.1 Å². The third-order valence-corrected chi connectivity index (χ3v) is 6.47. The molecule has 1 N–H and O–H groups in total. The van der Waals surface area contributed by atoms with E-state index in [1.54, 1.807) is 21.3 Å². The summed E-state index contributed by atoms with van der Waals surface area (Å²) in [4.78, 5) is 12.9. The Kier molecular flexibility index (Phi) is 5.18. The van der Waals surface area contributed by atoms with E-state index in [4.69, 9.17) is 21.4 Å². The molecule has 5 aromatic rings. The van der Waals surface area contributed by atoms with Crippen molar-refractivity contribution >= 4 is 29.0 Å². The van der Waals surface area contributed by atoms with Gasteiger partial charge in [0.05, 0.1) is 5.69 Å². The van der Waals surface area contributed by atoms with Crippen molar-refractivity contribution in [2.45, 2.75) is 25.9 Å². The number of nitrogens with zero attached hydrogens (tertiary/aromatic N) is 6. The van der Waals surface area contributed by atoms with Gasteiger partial charge < -0.3 is 10.1 Å². The number of aryl methyl sites for hydroxylation is 1. The van der Waals surface area contributed by atoms with E-state index in [2.05, 4.69) is 20.6 Å². The van der Waals surface area contributed by atoms with Gasteiger partial charge in [0.25, 0.3) is 0 Å². The smallest absolute Gasteiger partial charge is 0.226 e. The quantitative estimate of drug-likeness (QED) is 0.398. The van der Waals surface area contributed by atoms with Crippen LogP contribution in [0.2, 0.25) is 5.02 Å². The second-order valence-electron chi connectivity index (χ2n) is 8.31. The normalized spacial score (nSPS) is 15.1. The van der Waals surface area contributed by atoms with Gasteiger partial charge in [-0.2, -0.15) is 14.3 Å². The van der Waals surface area contributed by atoms with Crippen molar-refractivity contribution in [1.82, 2.24) is 29.6 Å². The Balaban J connectivity index is 1.40. The second-order valence-corrected chi connectivity index (χ2v) is 8.71. The Morgan fingerprint density at radius 1 is 1.09 bits per heavy atom. The van der Waals surface area contributed by atoms with Crippen molar-refractivity contribution < 1.29 is 9.53 Å². The number of carbonyl (C=O) groups is 1. The molecule has 1 atom stereocenters. The average molecular weight is 486 g/mol. The number of ether oxygens (including phenoxy) is 1. The van der Waals surface area contributed by atoms with Gasteiger partial charge in [0.2, 0.25) is 5.91 Å². The number of carbonyl (C=O) groups excluding carboxylic acids is 1. The van der Waals surface area contributed by atoms with Crippen LogP contribution in [0.4, 0.5) is 5.82 Å². The number of fused-ring (bicyclic) bond motifs is 2. The maximum Gasteiger partial charge on any atom is 0.226 e. The van der Waals surface area contributed by atoms with Gasteiger partial charge in [0.1, 0.15) is 24.5 Å². The summed E-state index contributed by atoms with van der Waals surface area (Å²) in [5.41, 5.74) is 4.17. The number of rotatable bonds is 5. The molecule has 35 heavy (non-hydrogen) atoms. The minimum absolute atomic E-state index is 0.102. The van der Waals surface area contributed by atoms with Gasteiger partial charge >= 0.3 is 0 Å². The first-order valence-electron chi connectivity index (χ1n) is 11.1. The molecule has 4 heterocycles. The summed E-state index contributed by atoms with van der Waals surface area (Å²) in [5, 5.41) is 20.8. The molecule has 1 aliphatic heterocycles. The SMILES string of the molecule is Cc1nn(-c2ccc3nncn3n2)c2c1[C@H](c1ccccc1OCc1ccccc1Cl)CC(=O)N2. The van der Waals surface area contributed by atoms with Gasteiger partial charge in [0.15, 0.2) is 11.5 Å². The van der Waals surface area contributed by atoms with Gasteiger partial charge in [-0.25, -0.2) is 0 Å². The minimum atomic E-state index is -0.228. The first kappa shape index (κ1) is 21.3. The molecule has 0 radical (unpaired) electrons. The van der Waals surface area contributed by atoms with E-state index >= 15 is 0 Å². The Morgan fingerprint density at radius 3 is 2.80 bits per heavy atom. The van der Waals surface area contributed by atoms with E-state index in [1.165, 1.54) is 6.33 Å². The minimum Gasteiger partial charge on any atom is -0.489 e. The molecule has 9 nitrogen and oxygen atoms in total. The summed E-state index contributed by atoms with van der Waals surface area (Å²) in [6.07, 6.45) is 1.81. The van der Waals surface area contributed by atoms with Crippen LogP contribution in [0.15, 0.2) is 67.0 Å². The van der Waals surface area contributed by atoms with Gasteiger partial charge in [-0.15, -0.1) is 15.3 Å². The number of benzene rings is 2. The molecule has 0 aliphatic carbocycles. The van der Waals surface area contributed by atoms with E-state index in [1.807, 2.05) is 55.5 Å². The number of halogens is 1. The van der Waals surface area contributed by atoms with Gasteiger partial charge in [0, 0.05) is 34.1 Å². The largest absolute Gasteiger partial charge is 0.489 e. The van der Waals surface area contributed by atoms with Crippen molar-refractivity contribution in [3.63, 3.8) is 0 Å². The summed E-state index contributed by atoms with van der Waals surface area (Å²) in [5.74, 6) is 1.52. The third-order valence-electron chi connectivity index (χ3n) is 6.10. The topological polar surface area (TPSA) is 99.2 Å². The van der Waals surface area contributed by atoms with Crippen LogP contribution in [0.1, 0.15) is 34.7 Å². The molecule has 0 bridgehead atoms. The predicted molar refractivity (Wildman–Crippen MR) is 130 cm³/mol. The van der Waals surface area contributed by atoms with Crippen LogP contribution in [0.5, 0.6) is 5.75 Å². The third kappa shape index (κ3) is 3.79. The van der Waals surface area contributed by atoms with Crippen LogP contribution in [-0.4, -0.2) is 35.5 Å². The highest BCUT2D eigenvalue weighted by atomic mass is 35.5. The molecule has 1 amide bonds. The van der Waals surface area contributed by atoms with Crippen LogP contribution >= 0.6 is 11.6 Å². The maximum atomic E-state index is 12.9. The highest BCUT2D eigenvalue weighted by Gasteiger charge is 2.34. The first-order valence-corrected chi connectivity index (χ1v) is 11.5. The Morgan fingerprint density at radius 2 is 1.91 bits per heavy atom. The highest BCUT2D eigenvalue weighted by molar-refractivity contribution is 6.31. The lowest BCUT2D eigenvalue weighted by Crippen LogP contribution is -2.25. The highest BCUT2D eigenvalue weighted by Crippen LogP contribution is 2.43. The molecule has 0 saturated carbocycles. The number of hydrogen-bond acceptors (Lipinski definition) is 6. The predicted octanol–water partition coefficient (Wildman–Crippen LogP) is 4.32. The summed E-state index contributed by atoms with van der Waals surface area (Å²) in [6, 6.07) is 19.0.